The van der Waals surface area contributed by atoms with E-state index in [0.29, 0.717) is 11.6 Å². The summed E-state index contributed by atoms with van der Waals surface area (Å²) in [7, 11) is 0. The monoisotopic (exact) mass is 1260 g/mol. The summed E-state index contributed by atoms with van der Waals surface area (Å²) in [6.45, 7) is 0. The van der Waals surface area contributed by atoms with E-state index < -0.39 is 0 Å². The Balaban J connectivity index is 0.000000143. The largest absolute Gasteiger partial charge is 0.456 e. The van der Waals surface area contributed by atoms with Gasteiger partial charge in [-0.1, -0.05) is 237 Å². The number of hydrogen-bond acceptors (Lipinski definition) is 7. The molecule has 7 nitrogen and oxygen atoms in total. The normalized spacial score (nSPS) is 11.8. The number of aromatic nitrogens is 4. The molecule has 20 bridgehead atoms. The highest BCUT2D eigenvalue weighted by Crippen LogP contribution is 2.44. The molecule has 0 saturated heterocycles. The lowest BCUT2D eigenvalue weighted by molar-refractivity contribution is 0.669. The Morgan fingerprint density at radius 1 is 0.182 bits per heavy atom. The zero-order valence-electron chi connectivity index (χ0n) is 53.7. The highest BCUT2D eigenvalue weighted by Gasteiger charge is 2.21. The Kier molecular flexibility index (Phi) is 14.8. The summed E-state index contributed by atoms with van der Waals surface area (Å²) in [6.07, 6.45) is 0. The van der Waals surface area contributed by atoms with Crippen LogP contribution in [0.2, 0.25) is 0 Å². The molecule has 0 radical (unpaired) electrons. The van der Waals surface area contributed by atoms with Crippen LogP contribution in [-0.4, -0.2) is 19.9 Å². The van der Waals surface area contributed by atoms with Crippen molar-refractivity contribution < 1.29 is 4.42 Å². The van der Waals surface area contributed by atoms with Gasteiger partial charge in [0, 0.05) is 78.3 Å². The Bertz CT molecular complexity index is 5780. The molecule has 3 aliphatic rings. The van der Waals surface area contributed by atoms with E-state index in [-0.39, 0.29) is 0 Å². The fourth-order valence-corrected chi connectivity index (χ4v) is 13.9. The highest BCUT2D eigenvalue weighted by molar-refractivity contribution is 6.06. The lowest BCUT2D eigenvalue weighted by atomic mass is 9.93. The lowest BCUT2D eigenvalue weighted by Crippen LogP contribution is -2.10. The predicted molar refractivity (Wildman–Crippen MR) is 408 cm³/mol. The van der Waals surface area contributed by atoms with Crippen molar-refractivity contribution in [1.82, 2.24) is 19.9 Å². The number of rotatable bonds is 4. The van der Waals surface area contributed by atoms with Crippen molar-refractivity contribution in [3.8, 4) is 123 Å². The first kappa shape index (κ1) is 58.2. The van der Waals surface area contributed by atoms with Crippen LogP contribution in [0, 0.1) is 0 Å². The van der Waals surface area contributed by atoms with Crippen LogP contribution >= 0.6 is 0 Å². The SMILES string of the molecule is c1ccc(-c2cc3nc(n2)-c2cccc(c2)-c2cccc(c2)N(c2ccccc2)c2cccc(c2)-c2ccccc2-c2ccc-3cc2)cc1.c1ccc(N2c3cccc(c3)-c3cccc(c3)-c3cc(-c4ccc5oc6ccccc6c5c4)nc(n3)-c3cccc(c3)-c3cccc2c3)cc1. The van der Waals surface area contributed by atoms with Crippen LogP contribution in [0.5, 0.6) is 0 Å². The summed E-state index contributed by atoms with van der Waals surface area (Å²) in [5.74, 6) is 1.38. The zero-order valence-corrected chi connectivity index (χ0v) is 53.7. The van der Waals surface area contributed by atoms with Crippen LogP contribution in [0.25, 0.3) is 145 Å². The molecule has 0 N–H and O–H groups in total. The van der Waals surface area contributed by atoms with E-state index in [1.54, 1.807) is 0 Å². The van der Waals surface area contributed by atoms with Crippen LogP contribution in [0.15, 0.2) is 368 Å². The molecule has 0 spiro atoms. The van der Waals surface area contributed by atoms with E-state index in [1.807, 2.05) is 24.3 Å². The third-order valence-electron chi connectivity index (χ3n) is 18.8. The van der Waals surface area contributed by atoms with Crippen molar-refractivity contribution in [3.05, 3.63) is 364 Å². The second-order valence-corrected chi connectivity index (χ2v) is 25.0. The molecule has 99 heavy (non-hydrogen) atoms. The van der Waals surface area contributed by atoms with Gasteiger partial charge in [0.05, 0.1) is 22.8 Å². The molecule has 464 valence electrons. The predicted octanol–water partition coefficient (Wildman–Crippen LogP) is 24.8. The first-order valence-corrected chi connectivity index (χ1v) is 33.4. The molecule has 3 aliphatic heterocycles. The molecule has 0 saturated carbocycles. The van der Waals surface area contributed by atoms with Gasteiger partial charge in [-0.3, -0.25) is 0 Å². The van der Waals surface area contributed by atoms with Crippen LogP contribution in [0.4, 0.5) is 34.1 Å². The maximum atomic E-state index is 6.15. The van der Waals surface area contributed by atoms with Crippen LogP contribution in [0.3, 0.4) is 0 Å². The van der Waals surface area contributed by atoms with Gasteiger partial charge in [0.25, 0.3) is 0 Å². The lowest BCUT2D eigenvalue weighted by Gasteiger charge is -2.26. The fraction of sp³-hybridized carbons (Fsp3) is 0. The molecule has 17 aromatic rings. The van der Waals surface area contributed by atoms with Gasteiger partial charge in [0.2, 0.25) is 0 Å². The molecule has 0 fully saturated rings. The first-order chi connectivity index (χ1) is 49.0. The van der Waals surface area contributed by atoms with Crippen LogP contribution in [0.1, 0.15) is 0 Å². The van der Waals surface area contributed by atoms with Crippen LogP contribution < -0.4 is 9.80 Å². The number of fused-ring (bicyclic) bond motifs is 19. The number of hydrogen-bond donors (Lipinski definition) is 0. The van der Waals surface area contributed by atoms with E-state index in [0.717, 1.165) is 157 Å². The molecule has 0 aliphatic carbocycles. The van der Waals surface area contributed by atoms with Gasteiger partial charge < -0.3 is 14.2 Å². The van der Waals surface area contributed by atoms with Gasteiger partial charge in [-0.25, -0.2) is 19.9 Å². The van der Waals surface area contributed by atoms with Gasteiger partial charge in [-0.05, 0) is 183 Å². The van der Waals surface area contributed by atoms with Crippen molar-refractivity contribution in [2.45, 2.75) is 0 Å². The Morgan fingerprint density at radius 3 is 1.01 bits per heavy atom. The second-order valence-electron chi connectivity index (χ2n) is 25.0. The van der Waals surface area contributed by atoms with Gasteiger partial charge in [0.1, 0.15) is 11.2 Å². The average Bonchev–Trinajstić information content (AvgIpc) is 1.73. The standard InChI is InChI=1S/C46H29N3O.C46H31N3/c1-2-16-37(17-3-1)49-38-18-8-12-32(26-38)30-10-6-14-34(24-30)42-29-43(35-22-23-45-41(28-35)40-20-4-5-21-44(40)50-45)48-46(47-42)36-15-7-11-31(25-36)33-13-9-19-39(49)27-33;1-3-12-33(13-4-1)44-31-45-34-26-24-32(25-27-34)42-22-7-8-23-43(42)37-16-11-21-41(30-37)49(39-18-5-2-6-19-39)40-20-10-15-36(29-40)35-14-9-17-38(28-35)46(47-44)48-45/h1-29H;1-31H. The van der Waals surface area contributed by atoms with Crippen LogP contribution in [-0.2, 0) is 0 Å². The minimum atomic E-state index is 0.679. The van der Waals surface area contributed by atoms with E-state index in [4.69, 9.17) is 24.4 Å². The molecule has 0 atom stereocenters. The molecule has 0 amide bonds. The number of nitrogens with zero attached hydrogens (tertiary/aromatic N) is 6. The van der Waals surface area contributed by atoms with Gasteiger partial charge in [0.15, 0.2) is 11.6 Å². The summed E-state index contributed by atoms with van der Waals surface area (Å²) >= 11 is 0. The Morgan fingerprint density at radius 2 is 0.495 bits per heavy atom. The molecular formula is C92H60N6O. The summed E-state index contributed by atoms with van der Waals surface area (Å²) in [6, 6.07) is 129. The number of anilines is 6. The quantitative estimate of drug-likeness (QED) is 0.174. The maximum Gasteiger partial charge on any atom is 0.160 e. The van der Waals surface area contributed by atoms with E-state index in [9.17, 15) is 0 Å². The highest BCUT2D eigenvalue weighted by atomic mass is 16.3. The summed E-state index contributed by atoms with van der Waals surface area (Å²) in [5.41, 5.74) is 29.2. The zero-order chi connectivity index (χ0) is 65.6. The van der Waals surface area contributed by atoms with Gasteiger partial charge in [-0.15, -0.1) is 0 Å². The van der Waals surface area contributed by atoms with E-state index >= 15 is 0 Å². The molecule has 6 heterocycles. The van der Waals surface area contributed by atoms with Crippen molar-refractivity contribution in [2.24, 2.45) is 0 Å². The average molecular weight is 1270 g/mol. The Hall–Kier alpha value is -13.4. The van der Waals surface area contributed by atoms with E-state index in [2.05, 4.69) is 350 Å². The molecular weight excluding hydrogens is 1210 g/mol. The summed E-state index contributed by atoms with van der Waals surface area (Å²) < 4.78 is 6.15. The third-order valence-corrected chi connectivity index (χ3v) is 18.8. The third kappa shape index (κ3) is 11.4. The smallest absolute Gasteiger partial charge is 0.160 e. The molecule has 7 heteroatoms. The number of furan rings is 1. The second kappa shape index (κ2) is 25.1. The fourth-order valence-electron chi connectivity index (χ4n) is 13.9. The topological polar surface area (TPSA) is 71.2 Å². The number of benzene rings is 14. The van der Waals surface area contributed by atoms with Gasteiger partial charge in [-0.2, -0.15) is 0 Å². The summed E-state index contributed by atoms with van der Waals surface area (Å²) in [5, 5.41) is 2.17. The first-order valence-electron chi connectivity index (χ1n) is 33.4. The Labute approximate surface area is 574 Å². The van der Waals surface area contributed by atoms with Gasteiger partial charge >= 0.3 is 0 Å². The van der Waals surface area contributed by atoms with Crippen molar-refractivity contribution in [1.29, 1.82) is 0 Å². The molecule has 0 unspecified atom stereocenters. The number of para-hydroxylation sites is 3. The van der Waals surface area contributed by atoms with Crippen molar-refractivity contribution in [3.63, 3.8) is 0 Å². The van der Waals surface area contributed by atoms with E-state index in [1.165, 1.54) is 11.1 Å². The minimum absolute atomic E-state index is 0.679. The molecule has 3 aromatic heterocycles. The molecule has 20 rings (SSSR count). The van der Waals surface area contributed by atoms with Crippen molar-refractivity contribution in [2.75, 3.05) is 9.80 Å². The van der Waals surface area contributed by atoms with Crippen molar-refractivity contribution >= 4 is 56.1 Å². The summed E-state index contributed by atoms with van der Waals surface area (Å²) in [4.78, 5) is 25.4. The maximum absolute atomic E-state index is 6.15. The molecule has 14 aromatic carbocycles. The minimum Gasteiger partial charge on any atom is -0.456 e.